The van der Waals surface area contributed by atoms with E-state index in [0.29, 0.717) is 6.04 Å². The van der Waals surface area contributed by atoms with Gasteiger partial charge in [-0.15, -0.1) is 0 Å². The molecule has 1 atom stereocenters. The molecular weight excluding hydrogens is 232 g/mol. The van der Waals surface area contributed by atoms with Gasteiger partial charge in [-0.2, -0.15) is 0 Å². The highest BCUT2D eigenvalue weighted by Gasteiger charge is 2.23. The van der Waals surface area contributed by atoms with Crippen molar-refractivity contribution >= 4 is 10.9 Å². The Bertz CT molecular complexity index is 544. The molecule has 100 valence electrons. The van der Waals surface area contributed by atoms with Crippen molar-refractivity contribution in [1.82, 2.24) is 10.3 Å². The number of nitrogens with one attached hydrogen (secondary N) is 1. The Morgan fingerprint density at radius 3 is 2.79 bits per heavy atom. The van der Waals surface area contributed by atoms with E-state index < -0.39 is 0 Å². The van der Waals surface area contributed by atoms with Crippen molar-refractivity contribution in [2.24, 2.45) is 5.92 Å². The second-order valence-corrected chi connectivity index (χ2v) is 5.62. The average Bonchev–Trinajstić information content (AvgIpc) is 2.49. The van der Waals surface area contributed by atoms with Gasteiger partial charge >= 0.3 is 0 Å². The highest BCUT2D eigenvalue weighted by Crippen LogP contribution is 2.34. The third kappa shape index (κ3) is 2.64. The number of fused-ring (bicyclic) bond motifs is 1. The Kier molecular flexibility index (Phi) is 3.79. The van der Waals surface area contributed by atoms with Gasteiger partial charge < -0.3 is 5.32 Å². The van der Waals surface area contributed by atoms with Crippen LogP contribution in [0.4, 0.5) is 0 Å². The smallest absolute Gasteiger partial charge is 0.0702 e. The average molecular weight is 254 g/mol. The van der Waals surface area contributed by atoms with Crippen LogP contribution < -0.4 is 5.32 Å². The molecule has 1 heterocycles. The first-order chi connectivity index (χ1) is 9.38. The van der Waals surface area contributed by atoms with E-state index >= 15 is 0 Å². The van der Waals surface area contributed by atoms with Gasteiger partial charge in [0.05, 0.1) is 5.52 Å². The second-order valence-electron chi connectivity index (χ2n) is 5.62. The predicted molar refractivity (Wildman–Crippen MR) is 80.1 cm³/mol. The van der Waals surface area contributed by atoms with Crippen molar-refractivity contribution in [3.8, 4) is 0 Å². The number of pyridine rings is 1. The molecule has 2 heteroatoms. The fourth-order valence-electron chi connectivity index (χ4n) is 3.43. The Balaban J connectivity index is 1.91. The third-order valence-electron chi connectivity index (χ3n) is 4.42. The summed E-state index contributed by atoms with van der Waals surface area (Å²) in [5, 5.41) is 4.78. The van der Waals surface area contributed by atoms with Crippen molar-refractivity contribution in [1.29, 1.82) is 0 Å². The minimum atomic E-state index is 0.491. The lowest BCUT2D eigenvalue weighted by atomic mass is 9.81. The van der Waals surface area contributed by atoms with Gasteiger partial charge in [0.1, 0.15) is 0 Å². The SMILES string of the molecule is CNC(c1ccc2ncccc2c1)C1CCCCC1. The molecule has 2 aromatic rings. The monoisotopic (exact) mass is 254 g/mol. The summed E-state index contributed by atoms with van der Waals surface area (Å²) in [5.41, 5.74) is 2.50. The van der Waals surface area contributed by atoms with Crippen LogP contribution in [0, 0.1) is 5.92 Å². The maximum atomic E-state index is 4.40. The van der Waals surface area contributed by atoms with Crippen molar-refractivity contribution in [3.05, 3.63) is 42.1 Å². The first kappa shape index (κ1) is 12.6. The molecule has 1 N–H and O–H groups in total. The first-order valence-corrected chi connectivity index (χ1v) is 7.40. The van der Waals surface area contributed by atoms with E-state index in [4.69, 9.17) is 0 Å². The van der Waals surface area contributed by atoms with E-state index in [2.05, 4.69) is 41.6 Å². The highest BCUT2D eigenvalue weighted by atomic mass is 14.9. The van der Waals surface area contributed by atoms with Gasteiger partial charge in [-0.05, 0) is 49.6 Å². The quantitative estimate of drug-likeness (QED) is 0.893. The fourth-order valence-corrected chi connectivity index (χ4v) is 3.43. The summed E-state index contributed by atoms with van der Waals surface area (Å²) in [4.78, 5) is 4.40. The second kappa shape index (κ2) is 5.70. The van der Waals surface area contributed by atoms with Crippen LogP contribution in [-0.4, -0.2) is 12.0 Å². The minimum Gasteiger partial charge on any atom is -0.313 e. The summed E-state index contributed by atoms with van der Waals surface area (Å²) >= 11 is 0. The van der Waals surface area contributed by atoms with Gasteiger partial charge in [-0.3, -0.25) is 4.98 Å². The lowest BCUT2D eigenvalue weighted by Crippen LogP contribution is -2.26. The largest absolute Gasteiger partial charge is 0.313 e. The van der Waals surface area contributed by atoms with Gasteiger partial charge in [-0.1, -0.05) is 31.4 Å². The number of benzene rings is 1. The molecule has 0 aliphatic heterocycles. The minimum absolute atomic E-state index is 0.491. The number of rotatable bonds is 3. The van der Waals surface area contributed by atoms with Gasteiger partial charge in [-0.25, -0.2) is 0 Å². The maximum Gasteiger partial charge on any atom is 0.0702 e. The van der Waals surface area contributed by atoms with Crippen molar-refractivity contribution in [2.75, 3.05) is 7.05 Å². The molecule has 1 fully saturated rings. The molecule has 1 aliphatic rings. The highest BCUT2D eigenvalue weighted by molar-refractivity contribution is 5.79. The zero-order valence-electron chi connectivity index (χ0n) is 11.6. The molecule has 0 saturated heterocycles. The Morgan fingerprint density at radius 1 is 1.16 bits per heavy atom. The van der Waals surface area contributed by atoms with Crippen LogP contribution in [-0.2, 0) is 0 Å². The number of hydrogen-bond acceptors (Lipinski definition) is 2. The maximum absolute atomic E-state index is 4.40. The molecule has 3 rings (SSSR count). The molecule has 0 spiro atoms. The number of nitrogens with zero attached hydrogens (tertiary/aromatic N) is 1. The molecule has 1 unspecified atom stereocenters. The first-order valence-electron chi connectivity index (χ1n) is 7.40. The van der Waals surface area contributed by atoms with Crippen LogP contribution >= 0.6 is 0 Å². The van der Waals surface area contributed by atoms with Crippen LogP contribution in [0.2, 0.25) is 0 Å². The Hall–Kier alpha value is -1.41. The Morgan fingerprint density at radius 2 is 2.00 bits per heavy atom. The van der Waals surface area contributed by atoms with E-state index in [1.54, 1.807) is 0 Å². The van der Waals surface area contributed by atoms with E-state index in [9.17, 15) is 0 Å². The van der Waals surface area contributed by atoms with Gasteiger partial charge in [0, 0.05) is 17.6 Å². The topological polar surface area (TPSA) is 24.9 Å². The van der Waals surface area contributed by atoms with Gasteiger partial charge in [0.25, 0.3) is 0 Å². The molecule has 1 aromatic carbocycles. The van der Waals surface area contributed by atoms with Gasteiger partial charge in [0.2, 0.25) is 0 Å². The molecule has 2 nitrogen and oxygen atoms in total. The summed E-state index contributed by atoms with van der Waals surface area (Å²) in [5.74, 6) is 0.785. The van der Waals surface area contributed by atoms with Crippen molar-refractivity contribution in [3.63, 3.8) is 0 Å². The molecule has 1 saturated carbocycles. The molecule has 0 amide bonds. The standard InChI is InChI=1S/C17H22N2/c1-18-17(13-6-3-2-4-7-13)15-9-10-16-14(12-15)8-5-11-19-16/h5,8-13,17-18H,2-4,6-7H2,1H3. The van der Waals surface area contributed by atoms with Crippen LogP contribution in [0.15, 0.2) is 36.5 Å². The summed E-state index contributed by atoms with van der Waals surface area (Å²) in [6.07, 6.45) is 8.76. The zero-order valence-corrected chi connectivity index (χ0v) is 11.6. The molecule has 1 aromatic heterocycles. The normalized spacial score (nSPS) is 18.6. The van der Waals surface area contributed by atoms with E-state index in [0.717, 1.165) is 11.4 Å². The van der Waals surface area contributed by atoms with Crippen molar-refractivity contribution in [2.45, 2.75) is 38.1 Å². The lowest BCUT2D eigenvalue weighted by Gasteiger charge is -2.30. The lowest BCUT2D eigenvalue weighted by molar-refractivity contribution is 0.282. The summed E-state index contributed by atoms with van der Waals surface area (Å²) in [7, 11) is 2.09. The van der Waals surface area contributed by atoms with Crippen LogP contribution in [0.25, 0.3) is 10.9 Å². The van der Waals surface area contributed by atoms with Gasteiger partial charge in [0.15, 0.2) is 0 Å². The van der Waals surface area contributed by atoms with Crippen LogP contribution in [0.3, 0.4) is 0 Å². The van der Waals surface area contributed by atoms with Crippen molar-refractivity contribution < 1.29 is 0 Å². The number of aromatic nitrogens is 1. The zero-order chi connectivity index (χ0) is 13.1. The number of hydrogen-bond donors (Lipinski definition) is 1. The van der Waals surface area contributed by atoms with E-state index in [-0.39, 0.29) is 0 Å². The summed E-state index contributed by atoms with van der Waals surface area (Å²) < 4.78 is 0. The molecular formula is C17H22N2. The molecule has 0 bridgehead atoms. The van der Waals surface area contributed by atoms with E-state index in [1.807, 2.05) is 12.3 Å². The fraction of sp³-hybridized carbons (Fsp3) is 0.471. The summed E-state index contributed by atoms with van der Waals surface area (Å²) in [6.45, 7) is 0. The molecule has 1 aliphatic carbocycles. The van der Waals surface area contributed by atoms with E-state index in [1.165, 1.54) is 43.1 Å². The Labute approximate surface area is 115 Å². The predicted octanol–water partition coefficient (Wildman–Crippen LogP) is 4.08. The molecule has 0 radical (unpaired) electrons. The van der Waals surface area contributed by atoms with Crippen LogP contribution in [0.5, 0.6) is 0 Å². The van der Waals surface area contributed by atoms with Crippen LogP contribution in [0.1, 0.15) is 43.7 Å². The molecule has 19 heavy (non-hydrogen) atoms. The third-order valence-corrected chi connectivity index (χ3v) is 4.42. The summed E-state index contributed by atoms with van der Waals surface area (Å²) in [6, 6.07) is 11.4.